The summed E-state index contributed by atoms with van der Waals surface area (Å²) >= 11 is 0. The van der Waals surface area contributed by atoms with Gasteiger partial charge in [-0.1, -0.05) is 0 Å². The molecule has 0 aliphatic rings. The minimum absolute atomic E-state index is 0.147. The maximum Gasteiger partial charge on any atom is 0.259 e. The average molecular weight is 258 g/mol. The van der Waals surface area contributed by atoms with Gasteiger partial charge in [-0.25, -0.2) is 0 Å². The summed E-state index contributed by atoms with van der Waals surface area (Å²) in [6, 6.07) is 8.47. The number of pyridine rings is 1. The molecule has 2 rings (SSSR count). The number of aromatic hydroxyl groups is 1. The van der Waals surface area contributed by atoms with Gasteiger partial charge < -0.3 is 15.2 Å². The van der Waals surface area contributed by atoms with Gasteiger partial charge in [0, 0.05) is 11.9 Å². The number of ether oxygens (including phenoxy) is 1. The third kappa shape index (κ3) is 3.22. The standard InChI is InChI=1S/C14H14N2O3/c1-2-19-11-5-3-10(4-6-11)16-14(18)12-7-8-15-9-13(12)17/h3-9,17H,2H2,1H3,(H,16,18). The summed E-state index contributed by atoms with van der Waals surface area (Å²) in [4.78, 5) is 15.6. The number of nitrogens with one attached hydrogen (secondary N) is 1. The molecule has 0 aliphatic carbocycles. The van der Waals surface area contributed by atoms with Crippen LogP contribution in [0.5, 0.6) is 11.5 Å². The summed E-state index contributed by atoms with van der Waals surface area (Å²) < 4.78 is 5.31. The molecule has 0 radical (unpaired) electrons. The van der Waals surface area contributed by atoms with E-state index < -0.39 is 0 Å². The lowest BCUT2D eigenvalue weighted by Crippen LogP contribution is -2.12. The topological polar surface area (TPSA) is 71.5 Å². The van der Waals surface area contributed by atoms with E-state index in [9.17, 15) is 9.90 Å². The quantitative estimate of drug-likeness (QED) is 0.883. The van der Waals surface area contributed by atoms with Crippen molar-refractivity contribution in [1.29, 1.82) is 0 Å². The van der Waals surface area contributed by atoms with Gasteiger partial charge in [0.1, 0.15) is 11.5 Å². The summed E-state index contributed by atoms with van der Waals surface area (Å²) in [5, 5.41) is 12.2. The lowest BCUT2D eigenvalue weighted by Gasteiger charge is -2.07. The highest BCUT2D eigenvalue weighted by molar-refractivity contribution is 6.05. The molecular formula is C14H14N2O3. The first-order chi connectivity index (χ1) is 9.20. The fraction of sp³-hybridized carbons (Fsp3) is 0.143. The number of rotatable bonds is 4. The van der Waals surface area contributed by atoms with Crippen molar-refractivity contribution in [3.05, 3.63) is 48.3 Å². The fourth-order valence-electron chi connectivity index (χ4n) is 1.58. The Morgan fingerprint density at radius 1 is 1.32 bits per heavy atom. The third-order valence-electron chi connectivity index (χ3n) is 2.47. The largest absolute Gasteiger partial charge is 0.505 e. The van der Waals surface area contributed by atoms with Gasteiger partial charge in [0.2, 0.25) is 0 Å². The van der Waals surface area contributed by atoms with Crippen LogP contribution in [-0.4, -0.2) is 22.6 Å². The van der Waals surface area contributed by atoms with Crippen molar-refractivity contribution in [3.63, 3.8) is 0 Å². The first kappa shape index (κ1) is 12.9. The Labute approximate surface area is 110 Å². The van der Waals surface area contributed by atoms with Crippen LogP contribution in [0.4, 0.5) is 5.69 Å². The Morgan fingerprint density at radius 3 is 2.68 bits per heavy atom. The van der Waals surface area contributed by atoms with E-state index in [0.29, 0.717) is 12.3 Å². The van der Waals surface area contributed by atoms with Crippen LogP contribution in [0.15, 0.2) is 42.7 Å². The number of anilines is 1. The molecule has 0 saturated carbocycles. The molecule has 2 N–H and O–H groups in total. The Bertz CT molecular complexity index is 567. The van der Waals surface area contributed by atoms with E-state index in [-0.39, 0.29) is 17.2 Å². The third-order valence-corrected chi connectivity index (χ3v) is 2.47. The van der Waals surface area contributed by atoms with Crippen molar-refractivity contribution >= 4 is 11.6 Å². The zero-order valence-electron chi connectivity index (χ0n) is 10.5. The molecule has 0 spiro atoms. The van der Waals surface area contributed by atoms with E-state index in [0.717, 1.165) is 5.75 Å². The van der Waals surface area contributed by atoms with E-state index in [4.69, 9.17) is 4.74 Å². The zero-order chi connectivity index (χ0) is 13.7. The van der Waals surface area contributed by atoms with Gasteiger partial charge in [-0.05, 0) is 37.3 Å². The highest BCUT2D eigenvalue weighted by Crippen LogP contribution is 2.19. The van der Waals surface area contributed by atoms with Crippen molar-refractivity contribution < 1.29 is 14.6 Å². The van der Waals surface area contributed by atoms with Crippen molar-refractivity contribution in [3.8, 4) is 11.5 Å². The number of hydrogen-bond donors (Lipinski definition) is 2. The maximum absolute atomic E-state index is 11.9. The molecule has 1 amide bonds. The average Bonchev–Trinajstić information content (AvgIpc) is 2.42. The maximum atomic E-state index is 11.9. The molecule has 1 heterocycles. The molecule has 5 nitrogen and oxygen atoms in total. The van der Waals surface area contributed by atoms with Crippen molar-refractivity contribution in [1.82, 2.24) is 4.98 Å². The van der Waals surface area contributed by atoms with Crippen molar-refractivity contribution in [2.24, 2.45) is 0 Å². The van der Waals surface area contributed by atoms with Crippen LogP contribution in [0, 0.1) is 0 Å². The second kappa shape index (κ2) is 5.86. The molecule has 1 aromatic carbocycles. The number of hydrogen-bond acceptors (Lipinski definition) is 4. The summed E-state index contributed by atoms with van der Waals surface area (Å²) in [6.45, 7) is 2.50. The number of carbonyl (C=O) groups excluding carboxylic acids is 1. The zero-order valence-corrected chi connectivity index (χ0v) is 10.5. The van der Waals surface area contributed by atoms with E-state index in [1.165, 1.54) is 18.5 Å². The van der Waals surface area contributed by atoms with E-state index in [1.807, 2.05) is 6.92 Å². The minimum atomic E-state index is -0.385. The fourth-order valence-corrected chi connectivity index (χ4v) is 1.58. The molecular weight excluding hydrogens is 244 g/mol. The van der Waals surface area contributed by atoms with Crippen LogP contribution in [-0.2, 0) is 0 Å². The normalized spacial score (nSPS) is 9.95. The Hall–Kier alpha value is -2.56. The van der Waals surface area contributed by atoms with Crippen molar-refractivity contribution in [2.75, 3.05) is 11.9 Å². The SMILES string of the molecule is CCOc1ccc(NC(=O)c2ccncc2O)cc1. The van der Waals surface area contributed by atoms with Gasteiger partial charge in [-0.15, -0.1) is 0 Å². The molecule has 1 aromatic heterocycles. The highest BCUT2D eigenvalue weighted by atomic mass is 16.5. The second-order valence-electron chi connectivity index (χ2n) is 3.80. The molecule has 5 heteroatoms. The lowest BCUT2D eigenvalue weighted by molar-refractivity contribution is 0.102. The molecule has 0 aliphatic heterocycles. The van der Waals surface area contributed by atoms with Crippen LogP contribution in [0.2, 0.25) is 0 Å². The molecule has 0 atom stereocenters. The first-order valence-electron chi connectivity index (χ1n) is 5.88. The number of aromatic nitrogens is 1. The monoisotopic (exact) mass is 258 g/mol. The number of benzene rings is 1. The molecule has 0 fully saturated rings. The summed E-state index contributed by atoms with van der Waals surface area (Å²) in [5.41, 5.74) is 0.813. The smallest absolute Gasteiger partial charge is 0.259 e. The van der Waals surface area contributed by atoms with Crippen molar-refractivity contribution in [2.45, 2.75) is 6.92 Å². The number of carbonyl (C=O) groups is 1. The van der Waals surface area contributed by atoms with Crippen LogP contribution >= 0.6 is 0 Å². The van der Waals surface area contributed by atoms with Gasteiger partial charge >= 0.3 is 0 Å². The molecule has 98 valence electrons. The summed E-state index contributed by atoms with van der Waals surface area (Å²) in [7, 11) is 0. The summed E-state index contributed by atoms with van der Waals surface area (Å²) in [5.74, 6) is 0.210. The minimum Gasteiger partial charge on any atom is -0.505 e. The van der Waals surface area contributed by atoms with E-state index >= 15 is 0 Å². The van der Waals surface area contributed by atoms with Crippen LogP contribution in [0.1, 0.15) is 17.3 Å². The molecule has 0 unspecified atom stereocenters. The Kier molecular flexibility index (Phi) is 3.97. The number of nitrogens with zero attached hydrogens (tertiary/aromatic N) is 1. The van der Waals surface area contributed by atoms with Gasteiger partial charge in [0.25, 0.3) is 5.91 Å². The molecule has 2 aromatic rings. The van der Waals surface area contributed by atoms with Gasteiger partial charge in [0.05, 0.1) is 18.4 Å². The van der Waals surface area contributed by atoms with E-state index in [1.54, 1.807) is 24.3 Å². The second-order valence-corrected chi connectivity index (χ2v) is 3.80. The van der Waals surface area contributed by atoms with Gasteiger partial charge in [0.15, 0.2) is 0 Å². The Balaban J connectivity index is 2.09. The van der Waals surface area contributed by atoms with Crippen LogP contribution in [0.3, 0.4) is 0 Å². The van der Waals surface area contributed by atoms with Gasteiger partial charge in [-0.3, -0.25) is 9.78 Å². The molecule has 19 heavy (non-hydrogen) atoms. The van der Waals surface area contributed by atoms with E-state index in [2.05, 4.69) is 10.3 Å². The summed E-state index contributed by atoms with van der Waals surface area (Å²) in [6.07, 6.45) is 2.68. The lowest BCUT2D eigenvalue weighted by atomic mass is 10.2. The van der Waals surface area contributed by atoms with Crippen LogP contribution < -0.4 is 10.1 Å². The molecule has 0 saturated heterocycles. The first-order valence-corrected chi connectivity index (χ1v) is 5.88. The predicted molar refractivity (Wildman–Crippen MR) is 71.5 cm³/mol. The van der Waals surface area contributed by atoms with Gasteiger partial charge in [-0.2, -0.15) is 0 Å². The Morgan fingerprint density at radius 2 is 2.05 bits per heavy atom. The van der Waals surface area contributed by atoms with Crippen LogP contribution in [0.25, 0.3) is 0 Å². The predicted octanol–water partition coefficient (Wildman–Crippen LogP) is 2.44. The highest BCUT2D eigenvalue weighted by Gasteiger charge is 2.10. The number of amides is 1. The molecule has 0 bridgehead atoms.